The molecular weight excluding hydrogens is 456 g/mol. The highest BCUT2D eigenvalue weighted by atomic mass is 16.6. The number of anilines is 1. The van der Waals surface area contributed by atoms with Crippen LogP contribution in [0.15, 0.2) is 72.8 Å². The van der Waals surface area contributed by atoms with Crippen molar-refractivity contribution in [3.05, 3.63) is 83.9 Å². The standard InChI is InChI=1S/C29H32N2O5/c1-31(2)20-10-13-26-24(14-20)25-15-23(35-27(18-32)29(25)36-26)16-28(33)30-17-19-8-11-22(12-9-19)34-21-6-4-3-5-7-21/h3-14,23,25,27,29,32H,15-18H2,1-2H3,(H,30,33)/t23-,25+,27-,29-/m1/s1. The molecule has 7 heteroatoms. The Bertz CT molecular complexity index is 1180. The Morgan fingerprint density at radius 1 is 1.06 bits per heavy atom. The number of hydrogen-bond donors (Lipinski definition) is 2. The van der Waals surface area contributed by atoms with Gasteiger partial charge >= 0.3 is 0 Å². The minimum atomic E-state index is -0.464. The van der Waals surface area contributed by atoms with Crippen molar-refractivity contribution in [3.63, 3.8) is 0 Å². The van der Waals surface area contributed by atoms with Gasteiger partial charge in [-0.3, -0.25) is 4.79 Å². The Labute approximate surface area is 211 Å². The minimum absolute atomic E-state index is 0.0825. The van der Waals surface area contributed by atoms with Crippen LogP contribution in [0.1, 0.15) is 29.9 Å². The summed E-state index contributed by atoms with van der Waals surface area (Å²) in [7, 11) is 4.01. The second-order valence-corrected chi connectivity index (χ2v) is 9.56. The van der Waals surface area contributed by atoms with Gasteiger partial charge in [-0.2, -0.15) is 0 Å². The SMILES string of the molecule is CN(C)c1ccc2c(c1)[C@@H]1C[C@H](CC(=O)NCc3ccc(Oc4ccccc4)cc3)O[C@H](CO)[C@@H]1O2. The molecule has 0 bridgehead atoms. The van der Waals surface area contributed by atoms with Crippen LogP contribution in [0.25, 0.3) is 0 Å². The monoisotopic (exact) mass is 488 g/mol. The largest absolute Gasteiger partial charge is 0.487 e. The Morgan fingerprint density at radius 3 is 2.53 bits per heavy atom. The third kappa shape index (κ3) is 5.32. The topological polar surface area (TPSA) is 80.3 Å². The van der Waals surface area contributed by atoms with Crippen LogP contribution in [0.2, 0.25) is 0 Å². The molecule has 0 aromatic heterocycles. The molecule has 3 aromatic carbocycles. The van der Waals surface area contributed by atoms with Crippen LogP contribution in [0.3, 0.4) is 0 Å². The summed E-state index contributed by atoms with van der Waals surface area (Å²) < 4.78 is 18.1. The Balaban J connectivity index is 1.17. The number of amides is 1. The van der Waals surface area contributed by atoms with Gasteiger partial charge in [-0.25, -0.2) is 0 Å². The van der Waals surface area contributed by atoms with Crippen LogP contribution in [0.4, 0.5) is 5.69 Å². The van der Waals surface area contributed by atoms with Gasteiger partial charge in [-0.1, -0.05) is 30.3 Å². The number of carbonyl (C=O) groups excluding carboxylic acids is 1. The minimum Gasteiger partial charge on any atom is -0.487 e. The maximum absolute atomic E-state index is 12.8. The lowest BCUT2D eigenvalue weighted by Crippen LogP contribution is -2.47. The molecule has 2 aliphatic rings. The number of nitrogens with one attached hydrogen (secondary N) is 1. The molecule has 0 radical (unpaired) electrons. The molecule has 5 rings (SSSR count). The van der Waals surface area contributed by atoms with Crippen molar-refractivity contribution in [2.75, 3.05) is 25.6 Å². The molecule has 1 fully saturated rings. The lowest BCUT2D eigenvalue weighted by atomic mass is 9.84. The highest BCUT2D eigenvalue weighted by Gasteiger charge is 2.46. The van der Waals surface area contributed by atoms with Gasteiger partial charge in [0, 0.05) is 37.8 Å². The average molecular weight is 489 g/mol. The molecule has 1 saturated heterocycles. The summed E-state index contributed by atoms with van der Waals surface area (Å²) >= 11 is 0. The van der Waals surface area contributed by atoms with Crippen LogP contribution < -0.4 is 19.7 Å². The molecule has 7 nitrogen and oxygen atoms in total. The maximum Gasteiger partial charge on any atom is 0.222 e. The summed E-state index contributed by atoms with van der Waals surface area (Å²) in [6.45, 7) is 0.274. The number of aliphatic hydroxyl groups excluding tert-OH is 1. The summed E-state index contributed by atoms with van der Waals surface area (Å²) in [5.41, 5.74) is 3.20. The molecule has 1 amide bonds. The molecule has 0 aliphatic carbocycles. The van der Waals surface area contributed by atoms with Crippen molar-refractivity contribution < 1.29 is 24.1 Å². The van der Waals surface area contributed by atoms with E-state index in [9.17, 15) is 9.90 Å². The van der Waals surface area contributed by atoms with E-state index in [1.165, 1.54) is 0 Å². The summed E-state index contributed by atoms with van der Waals surface area (Å²) in [4.78, 5) is 14.8. The predicted molar refractivity (Wildman–Crippen MR) is 138 cm³/mol. The molecular formula is C29H32N2O5. The quantitative estimate of drug-likeness (QED) is 0.494. The molecule has 2 heterocycles. The molecule has 2 N–H and O–H groups in total. The molecule has 36 heavy (non-hydrogen) atoms. The van der Waals surface area contributed by atoms with Crippen LogP contribution in [0, 0.1) is 0 Å². The lowest BCUT2D eigenvalue weighted by Gasteiger charge is -2.37. The van der Waals surface area contributed by atoms with Gasteiger partial charge in [-0.15, -0.1) is 0 Å². The van der Waals surface area contributed by atoms with Gasteiger partial charge in [0.15, 0.2) is 0 Å². The first kappa shape index (κ1) is 24.2. The fourth-order valence-corrected chi connectivity index (χ4v) is 4.93. The molecule has 0 unspecified atom stereocenters. The van der Waals surface area contributed by atoms with Gasteiger partial charge in [0.05, 0.1) is 19.1 Å². The van der Waals surface area contributed by atoms with E-state index in [2.05, 4.69) is 16.3 Å². The number of fused-ring (bicyclic) bond motifs is 3. The normalized spacial score (nSPS) is 22.2. The molecule has 3 aromatic rings. The van der Waals surface area contributed by atoms with Crippen molar-refractivity contribution in [3.8, 4) is 17.2 Å². The van der Waals surface area contributed by atoms with Gasteiger partial charge < -0.3 is 29.5 Å². The van der Waals surface area contributed by atoms with Crippen LogP contribution in [0.5, 0.6) is 17.2 Å². The van der Waals surface area contributed by atoms with E-state index in [1.54, 1.807) is 0 Å². The number of para-hydroxylation sites is 1. The zero-order valence-electron chi connectivity index (χ0n) is 20.6. The number of benzene rings is 3. The number of carbonyl (C=O) groups is 1. The molecule has 2 aliphatic heterocycles. The van der Waals surface area contributed by atoms with Crippen molar-refractivity contribution in [1.29, 1.82) is 0 Å². The number of rotatable bonds is 8. The van der Waals surface area contributed by atoms with E-state index in [0.29, 0.717) is 13.0 Å². The summed E-state index contributed by atoms with van der Waals surface area (Å²) in [6.07, 6.45) is -0.0865. The van der Waals surface area contributed by atoms with Crippen molar-refractivity contribution in [2.45, 2.75) is 43.6 Å². The molecule has 4 atom stereocenters. The number of nitrogens with zero attached hydrogens (tertiary/aromatic N) is 1. The highest BCUT2D eigenvalue weighted by molar-refractivity contribution is 5.76. The van der Waals surface area contributed by atoms with Crippen molar-refractivity contribution in [1.82, 2.24) is 5.32 Å². The van der Waals surface area contributed by atoms with Gasteiger partial charge in [-0.05, 0) is 54.4 Å². The van der Waals surface area contributed by atoms with Crippen molar-refractivity contribution >= 4 is 11.6 Å². The molecule has 188 valence electrons. The first-order valence-corrected chi connectivity index (χ1v) is 12.3. The fraction of sp³-hybridized carbons (Fsp3) is 0.345. The first-order valence-electron chi connectivity index (χ1n) is 12.3. The first-order chi connectivity index (χ1) is 17.5. The van der Waals surface area contributed by atoms with E-state index in [1.807, 2.05) is 80.8 Å². The van der Waals surface area contributed by atoms with Crippen LogP contribution >= 0.6 is 0 Å². The number of hydrogen-bond acceptors (Lipinski definition) is 6. The molecule has 0 spiro atoms. The molecule has 0 saturated carbocycles. The number of aliphatic hydroxyl groups is 1. The van der Waals surface area contributed by atoms with E-state index < -0.39 is 6.10 Å². The Morgan fingerprint density at radius 2 is 1.81 bits per heavy atom. The zero-order chi connectivity index (χ0) is 25.1. The Hall–Kier alpha value is -3.55. The van der Waals surface area contributed by atoms with Gasteiger partial charge in [0.2, 0.25) is 5.91 Å². The Kier molecular flexibility index (Phi) is 7.11. The van der Waals surface area contributed by atoms with Gasteiger partial charge in [0.25, 0.3) is 0 Å². The lowest BCUT2D eigenvalue weighted by molar-refractivity contribution is -0.142. The number of ether oxygens (including phenoxy) is 3. The van der Waals surface area contributed by atoms with E-state index >= 15 is 0 Å². The van der Waals surface area contributed by atoms with E-state index in [4.69, 9.17) is 14.2 Å². The fourth-order valence-electron chi connectivity index (χ4n) is 4.93. The highest BCUT2D eigenvalue weighted by Crippen LogP contribution is 2.47. The van der Waals surface area contributed by atoms with E-state index in [-0.39, 0.29) is 37.1 Å². The van der Waals surface area contributed by atoms with E-state index in [0.717, 1.165) is 34.1 Å². The van der Waals surface area contributed by atoms with Crippen LogP contribution in [-0.4, -0.2) is 50.0 Å². The smallest absolute Gasteiger partial charge is 0.222 e. The van der Waals surface area contributed by atoms with Gasteiger partial charge in [0.1, 0.15) is 29.5 Å². The van der Waals surface area contributed by atoms with Crippen LogP contribution in [-0.2, 0) is 16.1 Å². The predicted octanol–water partition coefficient (Wildman–Crippen LogP) is 4.25. The summed E-state index contributed by atoms with van der Waals surface area (Å²) in [5, 5.41) is 12.9. The second-order valence-electron chi connectivity index (χ2n) is 9.56. The second kappa shape index (κ2) is 10.6. The summed E-state index contributed by atoms with van der Waals surface area (Å²) in [6, 6.07) is 23.4. The third-order valence-corrected chi connectivity index (χ3v) is 6.80. The third-order valence-electron chi connectivity index (χ3n) is 6.80. The summed E-state index contributed by atoms with van der Waals surface area (Å²) in [5.74, 6) is 2.36. The zero-order valence-corrected chi connectivity index (χ0v) is 20.6. The maximum atomic E-state index is 12.8. The average Bonchev–Trinajstić information content (AvgIpc) is 3.26. The van der Waals surface area contributed by atoms with Crippen molar-refractivity contribution in [2.24, 2.45) is 0 Å².